The van der Waals surface area contributed by atoms with Gasteiger partial charge in [-0.15, -0.1) is 0 Å². The molecular formula is C13H18N2O2. The number of hydrogen-bond acceptors (Lipinski definition) is 4. The van der Waals surface area contributed by atoms with Crippen LogP contribution in [0.2, 0.25) is 0 Å². The highest BCUT2D eigenvalue weighted by Crippen LogP contribution is 2.40. The maximum absolute atomic E-state index is 10.6. The van der Waals surface area contributed by atoms with E-state index in [9.17, 15) is 4.79 Å². The molecule has 4 heteroatoms. The number of ether oxygens (including phenoxy) is 1. The van der Waals surface area contributed by atoms with Crippen LogP contribution in [0.3, 0.4) is 0 Å². The molecule has 0 radical (unpaired) electrons. The first-order valence-electron chi connectivity index (χ1n) is 6.03. The van der Waals surface area contributed by atoms with Crippen LogP contribution < -0.4 is 0 Å². The van der Waals surface area contributed by atoms with Gasteiger partial charge in [0.15, 0.2) is 12.1 Å². The molecule has 0 amide bonds. The van der Waals surface area contributed by atoms with Gasteiger partial charge < -0.3 is 4.74 Å². The minimum Gasteiger partial charge on any atom is -0.370 e. The minimum absolute atomic E-state index is 0.353. The van der Waals surface area contributed by atoms with Crippen LogP contribution >= 0.6 is 0 Å². The normalized spacial score (nSPS) is 28.9. The first-order valence-corrected chi connectivity index (χ1v) is 6.03. The Balaban J connectivity index is 2.24. The van der Waals surface area contributed by atoms with Gasteiger partial charge in [-0.3, -0.25) is 4.79 Å². The highest BCUT2D eigenvalue weighted by atomic mass is 16.5. The van der Waals surface area contributed by atoms with Crippen molar-refractivity contribution in [1.29, 1.82) is 0 Å². The average molecular weight is 234 g/mol. The van der Waals surface area contributed by atoms with Crippen LogP contribution in [0.25, 0.3) is 0 Å². The lowest BCUT2D eigenvalue weighted by Crippen LogP contribution is -2.35. The molecule has 1 aliphatic carbocycles. The molecule has 0 spiro atoms. The molecule has 1 aliphatic rings. The van der Waals surface area contributed by atoms with Crippen LogP contribution in [0.15, 0.2) is 12.4 Å². The quantitative estimate of drug-likeness (QED) is 0.753. The van der Waals surface area contributed by atoms with Crippen molar-refractivity contribution in [3.63, 3.8) is 0 Å². The van der Waals surface area contributed by atoms with Gasteiger partial charge >= 0.3 is 0 Å². The predicted molar refractivity (Wildman–Crippen MR) is 63.7 cm³/mol. The van der Waals surface area contributed by atoms with Crippen LogP contribution in [-0.4, -0.2) is 23.4 Å². The Labute approximate surface area is 101 Å². The first-order chi connectivity index (χ1) is 8.20. The summed E-state index contributed by atoms with van der Waals surface area (Å²) >= 11 is 0. The zero-order chi connectivity index (χ0) is 12.3. The fourth-order valence-corrected chi connectivity index (χ4v) is 2.38. The highest BCUT2D eigenvalue weighted by Gasteiger charge is 2.38. The molecule has 0 aromatic carbocycles. The lowest BCUT2D eigenvalue weighted by molar-refractivity contribution is -0.0597. The number of aldehydes is 1. The van der Waals surface area contributed by atoms with E-state index in [0.717, 1.165) is 37.9 Å². The van der Waals surface area contributed by atoms with Crippen molar-refractivity contribution >= 4 is 6.29 Å². The summed E-state index contributed by atoms with van der Waals surface area (Å²) in [7, 11) is 1.72. The van der Waals surface area contributed by atoms with E-state index in [2.05, 4.69) is 16.9 Å². The number of methoxy groups -OCH3 is 1. The molecule has 1 fully saturated rings. The molecule has 0 unspecified atom stereocenters. The van der Waals surface area contributed by atoms with Crippen LogP contribution in [0.1, 0.15) is 48.8 Å². The molecule has 0 bridgehead atoms. The number of carbonyl (C=O) groups excluding carboxylic acids is 1. The van der Waals surface area contributed by atoms with Crippen molar-refractivity contribution in [2.75, 3.05) is 7.11 Å². The van der Waals surface area contributed by atoms with E-state index in [1.165, 1.54) is 0 Å². The summed E-state index contributed by atoms with van der Waals surface area (Å²) in [5.74, 6) is 1.45. The monoisotopic (exact) mass is 234 g/mol. The largest absolute Gasteiger partial charge is 0.370 e. The molecule has 0 saturated heterocycles. The van der Waals surface area contributed by atoms with Gasteiger partial charge in [0.25, 0.3) is 0 Å². The van der Waals surface area contributed by atoms with Crippen LogP contribution in [0, 0.1) is 5.92 Å². The Morgan fingerprint density at radius 3 is 2.41 bits per heavy atom. The second kappa shape index (κ2) is 4.92. The molecule has 4 nitrogen and oxygen atoms in total. The summed E-state index contributed by atoms with van der Waals surface area (Å²) in [6.07, 6.45) is 8.05. The second-order valence-corrected chi connectivity index (χ2v) is 4.84. The topological polar surface area (TPSA) is 52.1 Å². The van der Waals surface area contributed by atoms with Crippen LogP contribution in [0.5, 0.6) is 0 Å². The Morgan fingerprint density at radius 2 is 1.94 bits per heavy atom. The fourth-order valence-electron chi connectivity index (χ4n) is 2.38. The molecule has 92 valence electrons. The molecule has 0 atom stereocenters. The van der Waals surface area contributed by atoms with Crippen molar-refractivity contribution in [2.24, 2.45) is 5.92 Å². The van der Waals surface area contributed by atoms with E-state index in [1.54, 1.807) is 19.5 Å². The molecule has 2 rings (SSSR count). The molecule has 1 aromatic heterocycles. The molecular weight excluding hydrogens is 216 g/mol. The summed E-state index contributed by atoms with van der Waals surface area (Å²) in [5.41, 5.74) is 0.151. The van der Waals surface area contributed by atoms with E-state index in [4.69, 9.17) is 4.74 Å². The maximum Gasteiger partial charge on any atom is 0.160 e. The number of aromatic nitrogens is 2. The van der Waals surface area contributed by atoms with Gasteiger partial charge in [0.05, 0.1) is 5.56 Å². The third-order valence-electron chi connectivity index (χ3n) is 3.69. The Bertz CT molecular complexity index is 381. The zero-order valence-electron chi connectivity index (χ0n) is 10.3. The third kappa shape index (κ3) is 2.36. The summed E-state index contributed by atoms with van der Waals surface area (Å²) in [6.45, 7) is 2.26. The van der Waals surface area contributed by atoms with Crippen molar-refractivity contribution < 1.29 is 9.53 Å². The number of hydrogen-bond donors (Lipinski definition) is 0. The van der Waals surface area contributed by atoms with E-state index >= 15 is 0 Å². The molecule has 1 saturated carbocycles. The standard InChI is InChI=1S/C13H18N2O2/c1-10-3-5-13(17-2,6-4-10)12-14-7-11(9-16)8-15-12/h7-10H,3-6H2,1-2H3. The molecule has 1 heterocycles. The van der Waals surface area contributed by atoms with E-state index in [1.807, 2.05) is 0 Å². The number of nitrogens with zero attached hydrogens (tertiary/aromatic N) is 2. The zero-order valence-corrected chi connectivity index (χ0v) is 10.3. The lowest BCUT2D eigenvalue weighted by Gasteiger charge is -2.36. The van der Waals surface area contributed by atoms with Crippen molar-refractivity contribution in [3.8, 4) is 0 Å². The highest BCUT2D eigenvalue weighted by molar-refractivity contribution is 5.73. The van der Waals surface area contributed by atoms with Crippen molar-refractivity contribution in [2.45, 2.75) is 38.2 Å². The van der Waals surface area contributed by atoms with Crippen molar-refractivity contribution in [3.05, 3.63) is 23.8 Å². The lowest BCUT2D eigenvalue weighted by atomic mass is 9.79. The van der Waals surface area contributed by atoms with Gasteiger partial charge in [-0.1, -0.05) is 6.92 Å². The van der Waals surface area contributed by atoms with Gasteiger partial charge in [-0.2, -0.15) is 0 Å². The average Bonchev–Trinajstić information content (AvgIpc) is 2.40. The second-order valence-electron chi connectivity index (χ2n) is 4.84. The molecule has 0 N–H and O–H groups in total. The van der Waals surface area contributed by atoms with Gasteiger partial charge in [0, 0.05) is 19.5 Å². The van der Waals surface area contributed by atoms with Gasteiger partial charge in [0.2, 0.25) is 0 Å². The smallest absolute Gasteiger partial charge is 0.160 e. The third-order valence-corrected chi connectivity index (χ3v) is 3.69. The van der Waals surface area contributed by atoms with Crippen LogP contribution in [0.4, 0.5) is 0 Å². The summed E-state index contributed by atoms with van der Waals surface area (Å²) in [5, 5.41) is 0. The maximum atomic E-state index is 10.6. The Hall–Kier alpha value is -1.29. The number of rotatable bonds is 3. The minimum atomic E-state index is -0.353. The Morgan fingerprint density at radius 1 is 1.35 bits per heavy atom. The predicted octanol–water partition coefficient (Wildman–Crippen LogP) is 2.34. The number of carbonyl (C=O) groups is 1. The summed E-state index contributed by atoms with van der Waals surface area (Å²) in [6, 6.07) is 0. The molecule has 17 heavy (non-hydrogen) atoms. The molecule has 1 aromatic rings. The van der Waals surface area contributed by atoms with E-state index in [0.29, 0.717) is 11.4 Å². The van der Waals surface area contributed by atoms with Crippen LogP contribution in [-0.2, 0) is 10.3 Å². The summed E-state index contributed by atoms with van der Waals surface area (Å²) in [4.78, 5) is 19.1. The molecule has 0 aliphatic heterocycles. The van der Waals surface area contributed by atoms with Crippen molar-refractivity contribution in [1.82, 2.24) is 9.97 Å². The SMILES string of the molecule is COC1(c2ncc(C=O)cn2)CCC(C)CC1. The van der Waals surface area contributed by atoms with Gasteiger partial charge in [-0.05, 0) is 31.6 Å². The van der Waals surface area contributed by atoms with Gasteiger partial charge in [0.1, 0.15) is 5.60 Å². The summed E-state index contributed by atoms with van der Waals surface area (Å²) < 4.78 is 5.67. The van der Waals surface area contributed by atoms with E-state index < -0.39 is 0 Å². The van der Waals surface area contributed by atoms with E-state index in [-0.39, 0.29) is 5.60 Å². The first kappa shape index (κ1) is 12.2. The Kier molecular flexibility index (Phi) is 3.52. The fraction of sp³-hybridized carbons (Fsp3) is 0.615. The van der Waals surface area contributed by atoms with Gasteiger partial charge in [-0.25, -0.2) is 9.97 Å².